The molecule has 2 aliphatic rings. The molecule has 4 rings (SSSR count). The molecular weight excluding hydrogens is 410 g/mol. The first-order chi connectivity index (χ1) is 16.0. The van der Waals surface area contributed by atoms with Gasteiger partial charge in [0.25, 0.3) is 0 Å². The molecule has 6 heteroatoms. The quantitative estimate of drug-likeness (QED) is 0.637. The van der Waals surface area contributed by atoms with Crippen LogP contribution in [0, 0.1) is 25.2 Å². The van der Waals surface area contributed by atoms with Crippen LogP contribution in [-0.4, -0.2) is 42.1 Å². The second-order valence-electron chi connectivity index (χ2n) is 9.75. The Balaban J connectivity index is 1.47. The molecule has 1 saturated heterocycles. The molecule has 2 aromatic rings. The Morgan fingerprint density at radius 2 is 1.82 bits per heavy atom. The number of benzene rings is 1. The van der Waals surface area contributed by atoms with Gasteiger partial charge in [0.2, 0.25) is 5.91 Å². The highest BCUT2D eigenvalue weighted by Crippen LogP contribution is 2.36. The van der Waals surface area contributed by atoms with Crippen molar-refractivity contribution in [2.75, 3.05) is 36.9 Å². The summed E-state index contributed by atoms with van der Waals surface area (Å²) >= 11 is 0. The second kappa shape index (κ2) is 10.4. The molecule has 1 N–H and O–H groups in total. The Kier molecular flexibility index (Phi) is 7.39. The van der Waals surface area contributed by atoms with Crippen molar-refractivity contribution < 1.29 is 4.79 Å². The first kappa shape index (κ1) is 23.4. The first-order valence-electron chi connectivity index (χ1n) is 12.4. The molecule has 33 heavy (non-hydrogen) atoms. The van der Waals surface area contributed by atoms with Crippen LogP contribution in [0.2, 0.25) is 0 Å². The summed E-state index contributed by atoms with van der Waals surface area (Å²) in [5.74, 6) is 0.623. The number of hydrogen-bond donors (Lipinski definition) is 1. The molecule has 2 heterocycles. The molecule has 1 aliphatic carbocycles. The number of likely N-dealkylation sites (N-methyl/N-ethyl adjacent to an activating group) is 1. The summed E-state index contributed by atoms with van der Waals surface area (Å²) in [6.45, 7) is 7.27. The number of carbonyl (C=O) groups is 1. The van der Waals surface area contributed by atoms with Gasteiger partial charge in [0.05, 0.1) is 12.1 Å². The van der Waals surface area contributed by atoms with Gasteiger partial charge in [-0.1, -0.05) is 37.5 Å². The normalized spacial score (nSPS) is 16.9. The molecular formula is C27H37N5O. The van der Waals surface area contributed by atoms with Gasteiger partial charge in [0, 0.05) is 37.1 Å². The largest absolute Gasteiger partial charge is 0.371 e. The first-order valence-corrected chi connectivity index (χ1v) is 12.4. The molecule has 2 fully saturated rings. The number of rotatable bonds is 7. The molecule has 1 amide bonds. The number of anilines is 2. The number of para-hydroxylation sites is 1. The van der Waals surface area contributed by atoms with Crippen LogP contribution in [0.25, 0.3) is 0 Å². The van der Waals surface area contributed by atoms with Crippen LogP contribution in [0.1, 0.15) is 73.4 Å². The third-order valence-electron chi connectivity index (χ3n) is 7.36. The van der Waals surface area contributed by atoms with Crippen LogP contribution in [-0.2, 0) is 11.3 Å². The molecule has 0 bridgehead atoms. The third-order valence-corrected chi connectivity index (χ3v) is 7.36. The number of nitrogens with zero attached hydrogens (tertiary/aromatic N) is 4. The third kappa shape index (κ3) is 5.09. The maximum atomic E-state index is 13.1. The van der Waals surface area contributed by atoms with E-state index >= 15 is 0 Å². The van der Waals surface area contributed by atoms with Crippen molar-refractivity contribution in [2.24, 2.45) is 0 Å². The van der Waals surface area contributed by atoms with Gasteiger partial charge in [0.15, 0.2) is 0 Å². The van der Waals surface area contributed by atoms with E-state index in [9.17, 15) is 10.1 Å². The van der Waals surface area contributed by atoms with Crippen LogP contribution in [0.15, 0.2) is 24.3 Å². The molecule has 1 aromatic heterocycles. The molecule has 1 saturated carbocycles. The second-order valence-corrected chi connectivity index (χ2v) is 9.75. The highest BCUT2D eigenvalue weighted by molar-refractivity contribution is 5.93. The fraction of sp³-hybridized carbons (Fsp3) is 0.556. The van der Waals surface area contributed by atoms with Gasteiger partial charge in [0.1, 0.15) is 11.9 Å². The maximum absolute atomic E-state index is 13.1. The van der Waals surface area contributed by atoms with E-state index in [4.69, 9.17) is 0 Å². The maximum Gasteiger partial charge on any atom is 0.239 e. The van der Waals surface area contributed by atoms with Gasteiger partial charge in [-0.05, 0) is 63.8 Å². The monoisotopic (exact) mass is 447 g/mol. The van der Waals surface area contributed by atoms with Crippen molar-refractivity contribution in [1.82, 2.24) is 9.47 Å². The van der Waals surface area contributed by atoms with Crippen molar-refractivity contribution in [3.8, 4) is 6.07 Å². The predicted molar refractivity (Wildman–Crippen MR) is 134 cm³/mol. The molecule has 1 aliphatic heterocycles. The van der Waals surface area contributed by atoms with E-state index in [-0.39, 0.29) is 12.5 Å². The number of nitrogens with one attached hydrogen (secondary N) is 1. The summed E-state index contributed by atoms with van der Waals surface area (Å²) < 4.78 is 2.23. The van der Waals surface area contributed by atoms with E-state index in [1.54, 1.807) is 0 Å². The van der Waals surface area contributed by atoms with E-state index in [0.717, 1.165) is 37.2 Å². The summed E-state index contributed by atoms with van der Waals surface area (Å²) in [7, 11) is 1.99. The van der Waals surface area contributed by atoms with Crippen LogP contribution >= 0.6 is 0 Å². The minimum absolute atomic E-state index is 0.0674. The number of carbonyl (C=O) groups excluding carboxylic acids is 1. The molecule has 1 aromatic carbocycles. The lowest BCUT2D eigenvalue weighted by Crippen LogP contribution is -2.32. The zero-order chi connectivity index (χ0) is 23.4. The fourth-order valence-electron chi connectivity index (χ4n) is 5.56. The van der Waals surface area contributed by atoms with Gasteiger partial charge in [-0.15, -0.1) is 0 Å². The van der Waals surface area contributed by atoms with Crippen molar-refractivity contribution in [3.05, 3.63) is 46.6 Å². The van der Waals surface area contributed by atoms with Crippen LogP contribution in [0.4, 0.5) is 11.5 Å². The van der Waals surface area contributed by atoms with Gasteiger partial charge in [-0.2, -0.15) is 5.26 Å². The van der Waals surface area contributed by atoms with Gasteiger partial charge in [-0.3, -0.25) is 9.69 Å². The summed E-state index contributed by atoms with van der Waals surface area (Å²) in [6.07, 6.45) is 8.38. The fourth-order valence-corrected chi connectivity index (χ4v) is 5.56. The van der Waals surface area contributed by atoms with E-state index in [2.05, 4.69) is 56.9 Å². The minimum Gasteiger partial charge on any atom is -0.371 e. The highest BCUT2D eigenvalue weighted by atomic mass is 16.2. The molecule has 6 nitrogen and oxygen atoms in total. The molecule has 0 unspecified atom stereocenters. The standard InChI is InChI=1S/C27H37N5O/c1-20-21(2)32(23-12-5-4-6-13-23)27(24(20)17-28)29-26(33)19-30(3)18-22-11-7-8-14-25(22)31-15-9-10-16-31/h7-8,11,14,23H,4-6,9-10,12-13,15-16,18-19H2,1-3H3,(H,29,33). The molecule has 0 radical (unpaired) electrons. The molecule has 0 atom stereocenters. The van der Waals surface area contributed by atoms with E-state index in [1.165, 1.54) is 43.4 Å². The van der Waals surface area contributed by atoms with E-state index in [0.29, 0.717) is 24.0 Å². The zero-order valence-corrected chi connectivity index (χ0v) is 20.4. The molecule has 176 valence electrons. The Hall–Kier alpha value is -2.78. The summed E-state index contributed by atoms with van der Waals surface area (Å²) in [6, 6.07) is 11.2. The Morgan fingerprint density at radius 1 is 1.12 bits per heavy atom. The Labute approximate surface area is 198 Å². The van der Waals surface area contributed by atoms with Crippen molar-refractivity contribution in [1.29, 1.82) is 5.26 Å². The van der Waals surface area contributed by atoms with Gasteiger partial charge in [-0.25, -0.2) is 0 Å². The van der Waals surface area contributed by atoms with Gasteiger partial charge >= 0.3 is 0 Å². The zero-order valence-electron chi connectivity index (χ0n) is 20.4. The van der Waals surface area contributed by atoms with Crippen molar-refractivity contribution >= 4 is 17.4 Å². The SMILES string of the molecule is Cc1c(C#N)c(NC(=O)CN(C)Cc2ccccc2N2CCCC2)n(C2CCCCC2)c1C. The number of nitriles is 1. The lowest BCUT2D eigenvalue weighted by molar-refractivity contribution is -0.117. The van der Waals surface area contributed by atoms with Crippen molar-refractivity contribution in [3.63, 3.8) is 0 Å². The molecule has 0 spiro atoms. The summed E-state index contributed by atoms with van der Waals surface area (Å²) in [5, 5.41) is 13.0. The van der Waals surface area contributed by atoms with Gasteiger partial charge < -0.3 is 14.8 Å². The lowest BCUT2D eigenvalue weighted by Gasteiger charge is -2.27. The lowest BCUT2D eigenvalue weighted by atomic mass is 9.95. The van der Waals surface area contributed by atoms with Crippen LogP contribution in [0.5, 0.6) is 0 Å². The van der Waals surface area contributed by atoms with E-state index in [1.807, 2.05) is 14.0 Å². The highest BCUT2D eigenvalue weighted by Gasteiger charge is 2.26. The predicted octanol–water partition coefficient (Wildman–Crippen LogP) is 5.15. The smallest absolute Gasteiger partial charge is 0.239 e. The van der Waals surface area contributed by atoms with Crippen LogP contribution < -0.4 is 10.2 Å². The van der Waals surface area contributed by atoms with E-state index < -0.39 is 0 Å². The number of hydrogen-bond acceptors (Lipinski definition) is 4. The summed E-state index contributed by atoms with van der Waals surface area (Å²) in [4.78, 5) is 17.6. The topological polar surface area (TPSA) is 64.3 Å². The van der Waals surface area contributed by atoms with Crippen molar-refractivity contribution in [2.45, 2.75) is 71.4 Å². The average molecular weight is 448 g/mol. The van der Waals surface area contributed by atoms with Crippen LogP contribution in [0.3, 0.4) is 0 Å². The number of amides is 1. The minimum atomic E-state index is -0.0674. The Morgan fingerprint density at radius 3 is 2.52 bits per heavy atom. The number of aromatic nitrogens is 1. The Bertz CT molecular complexity index is 1020. The average Bonchev–Trinajstić information content (AvgIpc) is 3.42. The summed E-state index contributed by atoms with van der Waals surface area (Å²) in [5.41, 5.74) is 5.22.